The Bertz CT molecular complexity index is 538. The van der Waals surface area contributed by atoms with Gasteiger partial charge in [0.25, 0.3) is 0 Å². The number of nitrogen functional groups attached to an aromatic ring is 1. The molecule has 3 nitrogen and oxygen atoms in total. The molecule has 0 saturated heterocycles. The SMILES string of the molecule is Nc1cccc(-c2cnn(CC3CCCCC3)c2)c1. The highest BCUT2D eigenvalue weighted by atomic mass is 15.3. The Hall–Kier alpha value is -1.77. The smallest absolute Gasteiger partial charge is 0.0568 e. The van der Waals surface area contributed by atoms with Crippen molar-refractivity contribution in [3.05, 3.63) is 36.7 Å². The number of aromatic nitrogens is 2. The molecule has 3 rings (SSSR count). The third-order valence-electron chi connectivity index (χ3n) is 4.02. The van der Waals surface area contributed by atoms with E-state index in [2.05, 4.69) is 22.0 Å². The number of hydrogen-bond acceptors (Lipinski definition) is 2. The number of hydrogen-bond donors (Lipinski definition) is 1. The zero-order chi connectivity index (χ0) is 13.1. The standard InChI is InChI=1S/C16H21N3/c17-16-8-4-7-14(9-16)15-10-18-19(12-15)11-13-5-2-1-3-6-13/h4,7-10,12-13H,1-3,5-6,11,17H2. The van der Waals surface area contributed by atoms with Crippen molar-refractivity contribution < 1.29 is 0 Å². The Balaban J connectivity index is 1.72. The van der Waals surface area contributed by atoms with Crippen molar-refractivity contribution in [3.8, 4) is 11.1 Å². The van der Waals surface area contributed by atoms with Crippen LogP contribution in [0.15, 0.2) is 36.7 Å². The molecular weight excluding hydrogens is 234 g/mol. The molecule has 19 heavy (non-hydrogen) atoms. The summed E-state index contributed by atoms with van der Waals surface area (Å²) in [6.45, 7) is 1.06. The lowest BCUT2D eigenvalue weighted by Crippen LogP contribution is -2.14. The van der Waals surface area contributed by atoms with Crippen LogP contribution in [0.4, 0.5) is 5.69 Å². The van der Waals surface area contributed by atoms with Gasteiger partial charge in [-0.1, -0.05) is 31.4 Å². The van der Waals surface area contributed by atoms with Crippen molar-refractivity contribution in [1.29, 1.82) is 0 Å². The quantitative estimate of drug-likeness (QED) is 0.850. The van der Waals surface area contributed by atoms with Gasteiger partial charge in [-0.3, -0.25) is 4.68 Å². The van der Waals surface area contributed by atoms with Gasteiger partial charge in [-0.05, 0) is 36.5 Å². The van der Waals surface area contributed by atoms with E-state index in [1.165, 1.54) is 32.1 Å². The average molecular weight is 255 g/mol. The van der Waals surface area contributed by atoms with Crippen LogP contribution in [-0.2, 0) is 6.54 Å². The second-order valence-electron chi connectivity index (χ2n) is 5.58. The van der Waals surface area contributed by atoms with E-state index in [0.29, 0.717) is 0 Å². The molecule has 2 N–H and O–H groups in total. The highest BCUT2D eigenvalue weighted by Gasteiger charge is 2.14. The van der Waals surface area contributed by atoms with E-state index < -0.39 is 0 Å². The maximum Gasteiger partial charge on any atom is 0.0568 e. The molecule has 1 aliphatic rings. The van der Waals surface area contributed by atoms with E-state index in [9.17, 15) is 0 Å². The topological polar surface area (TPSA) is 43.8 Å². The van der Waals surface area contributed by atoms with Gasteiger partial charge in [0.05, 0.1) is 6.20 Å². The van der Waals surface area contributed by atoms with Gasteiger partial charge in [0.15, 0.2) is 0 Å². The van der Waals surface area contributed by atoms with Crippen molar-refractivity contribution in [1.82, 2.24) is 9.78 Å². The van der Waals surface area contributed by atoms with Crippen LogP contribution in [0.3, 0.4) is 0 Å². The number of nitrogens with two attached hydrogens (primary N) is 1. The number of rotatable bonds is 3. The molecule has 0 atom stereocenters. The van der Waals surface area contributed by atoms with Crippen LogP contribution in [0.2, 0.25) is 0 Å². The zero-order valence-electron chi connectivity index (χ0n) is 11.3. The van der Waals surface area contributed by atoms with Gasteiger partial charge in [0.1, 0.15) is 0 Å². The Morgan fingerprint density at radius 3 is 2.79 bits per heavy atom. The minimum absolute atomic E-state index is 0.803. The third kappa shape index (κ3) is 2.98. The summed E-state index contributed by atoms with van der Waals surface area (Å²) in [5, 5.41) is 4.49. The molecular formula is C16H21N3. The summed E-state index contributed by atoms with van der Waals surface area (Å²) in [6.07, 6.45) is 11.0. The van der Waals surface area contributed by atoms with Crippen LogP contribution >= 0.6 is 0 Å². The first-order valence-electron chi connectivity index (χ1n) is 7.19. The van der Waals surface area contributed by atoms with Crippen LogP contribution < -0.4 is 5.73 Å². The largest absolute Gasteiger partial charge is 0.399 e. The lowest BCUT2D eigenvalue weighted by Gasteiger charge is -2.21. The highest BCUT2D eigenvalue weighted by Crippen LogP contribution is 2.26. The van der Waals surface area contributed by atoms with Crippen molar-refractivity contribution >= 4 is 5.69 Å². The lowest BCUT2D eigenvalue weighted by atomic mass is 9.89. The van der Waals surface area contributed by atoms with Crippen molar-refractivity contribution in [3.63, 3.8) is 0 Å². The predicted octanol–water partition coefficient (Wildman–Crippen LogP) is 3.71. The Morgan fingerprint density at radius 2 is 2.00 bits per heavy atom. The van der Waals surface area contributed by atoms with E-state index in [1.807, 2.05) is 24.4 Å². The maximum absolute atomic E-state index is 5.82. The third-order valence-corrected chi connectivity index (χ3v) is 4.02. The second-order valence-corrected chi connectivity index (χ2v) is 5.58. The minimum Gasteiger partial charge on any atom is -0.399 e. The first-order chi connectivity index (χ1) is 9.31. The molecule has 0 amide bonds. The first-order valence-corrected chi connectivity index (χ1v) is 7.19. The van der Waals surface area contributed by atoms with Gasteiger partial charge in [-0.15, -0.1) is 0 Å². The fourth-order valence-corrected chi connectivity index (χ4v) is 2.96. The van der Waals surface area contributed by atoms with Crippen molar-refractivity contribution in [2.24, 2.45) is 5.92 Å². The Morgan fingerprint density at radius 1 is 1.16 bits per heavy atom. The molecule has 100 valence electrons. The van der Waals surface area contributed by atoms with Gasteiger partial charge >= 0.3 is 0 Å². The average Bonchev–Trinajstić information content (AvgIpc) is 2.88. The summed E-state index contributed by atoms with van der Waals surface area (Å²) in [4.78, 5) is 0. The summed E-state index contributed by atoms with van der Waals surface area (Å²) in [5.74, 6) is 0.808. The van der Waals surface area contributed by atoms with Gasteiger partial charge in [-0.2, -0.15) is 5.10 Å². The molecule has 2 aromatic rings. The molecule has 1 aliphatic carbocycles. The molecule has 0 unspecified atom stereocenters. The predicted molar refractivity (Wildman–Crippen MR) is 78.7 cm³/mol. The van der Waals surface area contributed by atoms with Crippen LogP contribution in [0.5, 0.6) is 0 Å². The van der Waals surface area contributed by atoms with E-state index in [1.54, 1.807) is 0 Å². The fraction of sp³-hybridized carbons (Fsp3) is 0.438. The Labute approximate surface area is 114 Å². The molecule has 0 radical (unpaired) electrons. The molecule has 3 heteroatoms. The number of benzene rings is 1. The van der Waals surface area contributed by atoms with Gasteiger partial charge in [-0.25, -0.2) is 0 Å². The van der Waals surface area contributed by atoms with Crippen molar-refractivity contribution in [2.45, 2.75) is 38.6 Å². The molecule has 0 bridgehead atoms. The molecule has 0 aliphatic heterocycles. The van der Waals surface area contributed by atoms with Gasteiger partial charge < -0.3 is 5.73 Å². The summed E-state index contributed by atoms with van der Waals surface area (Å²) in [5.41, 5.74) is 8.93. The monoisotopic (exact) mass is 255 g/mol. The lowest BCUT2D eigenvalue weighted by molar-refractivity contribution is 0.308. The number of nitrogens with zero attached hydrogens (tertiary/aromatic N) is 2. The van der Waals surface area contributed by atoms with Gasteiger partial charge in [0, 0.05) is 24.0 Å². The summed E-state index contributed by atoms with van der Waals surface area (Å²) < 4.78 is 2.09. The summed E-state index contributed by atoms with van der Waals surface area (Å²) in [7, 11) is 0. The van der Waals surface area contributed by atoms with E-state index in [0.717, 1.165) is 29.3 Å². The zero-order valence-corrected chi connectivity index (χ0v) is 11.3. The van der Waals surface area contributed by atoms with Crippen LogP contribution in [-0.4, -0.2) is 9.78 Å². The molecule has 1 aromatic heterocycles. The first kappa shape index (κ1) is 12.3. The second kappa shape index (κ2) is 5.47. The van der Waals surface area contributed by atoms with Crippen LogP contribution in [0.25, 0.3) is 11.1 Å². The van der Waals surface area contributed by atoms with Gasteiger partial charge in [0.2, 0.25) is 0 Å². The summed E-state index contributed by atoms with van der Waals surface area (Å²) >= 11 is 0. The van der Waals surface area contributed by atoms with Crippen molar-refractivity contribution in [2.75, 3.05) is 5.73 Å². The normalized spacial score (nSPS) is 16.6. The Kier molecular flexibility index (Phi) is 3.53. The summed E-state index contributed by atoms with van der Waals surface area (Å²) in [6, 6.07) is 7.99. The highest BCUT2D eigenvalue weighted by molar-refractivity contribution is 5.65. The molecule has 1 saturated carbocycles. The van der Waals surface area contributed by atoms with Crippen LogP contribution in [0.1, 0.15) is 32.1 Å². The fourth-order valence-electron chi connectivity index (χ4n) is 2.96. The number of anilines is 1. The molecule has 0 spiro atoms. The molecule has 1 heterocycles. The van der Waals surface area contributed by atoms with Crippen LogP contribution in [0, 0.1) is 5.92 Å². The maximum atomic E-state index is 5.82. The molecule has 1 aromatic carbocycles. The van der Waals surface area contributed by atoms with E-state index in [4.69, 9.17) is 5.73 Å². The molecule has 1 fully saturated rings. The van der Waals surface area contributed by atoms with E-state index >= 15 is 0 Å². The van der Waals surface area contributed by atoms with E-state index in [-0.39, 0.29) is 0 Å². The minimum atomic E-state index is 0.803.